The van der Waals surface area contributed by atoms with Gasteiger partial charge in [-0.25, -0.2) is 11.0 Å². The molecule has 2 aromatic carbocycles. The first-order chi connectivity index (χ1) is 8.70. The van der Waals surface area contributed by atoms with Gasteiger partial charge in [0.05, 0.1) is 12.8 Å². The summed E-state index contributed by atoms with van der Waals surface area (Å²) < 4.78 is 5.30. The number of nitrogens with two attached hydrogens (primary N) is 1. The van der Waals surface area contributed by atoms with Gasteiger partial charge >= 0.3 is 0 Å². The minimum atomic E-state index is 0.728. The standard InChI is InChI=1S/C14H17N3O/c1-11-8-9-14(18-2)13(10-11)17(15)16-12-6-4-3-5-7-12/h3-10,16H,15H2,1-2H3. The van der Waals surface area contributed by atoms with Crippen LogP contribution in [0.4, 0.5) is 11.4 Å². The monoisotopic (exact) mass is 243 g/mol. The largest absolute Gasteiger partial charge is 0.494 e. The molecule has 0 bridgehead atoms. The van der Waals surface area contributed by atoms with Gasteiger partial charge in [0, 0.05) is 0 Å². The van der Waals surface area contributed by atoms with E-state index in [1.165, 1.54) is 5.12 Å². The molecule has 0 radical (unpaired) electrons. The van der Waals surface area contributed by atoms with E-state index < -0.39 is 0 Å². The van der Waals surface area contributed by atoms with Crippen LogP contribution in [0, 0.1) is 6.92 Å². The van der Waals surface area contributed by atoms with E-state index in [0.29, 0.717) is 0 Å². The Kier molecular flexibility index (Phi) is 3.69. The molecule has 2 aromatic rings. The van der Waals surface area contributed by atoms with E-state index >= 15 is 0 Å². The van der Waals surface area contributed by atoms with Crippen LogP contribution in [-0.2, 0) is 0 Å². The second kappa shape index (κ2) is 5.42. The zero-order valence-electron chi connectivity index (χ0n) is 10.6. The Morgan fingerprint density at radius 2 is 1.83 bits per heavy atom. The molecule has 0 aliphatic carbocycles. The molecular formula is C14H17N3O. The highest BCUT2D eigenvalue weighted by molar-refractivity contribution is 5.62. The number of rotatable bonds is 4. The summed E-state index contributed by atoms with van der Waals surface area (Å²) in [4.78, 5) is 0. The number of anilines is 2. The number of nitrogens with zero attached hydrogens (tertiary/aromatic N) is 1. The summed E-state index contributed by atoms with van der Waals surface area (Å²) in [5.41, 5.74) is 5.93. The fourth-order valence-corrected chi connectivity index (χ4v) is 1.70. The molecule has 0 atom stereocenters. The van der Waals surface area contributed by atoms with Crippen LogP contribution < -0.4 is 21.1 Å². The average molecular weight is 243 g/mol. The van der Waals surface area contributed by atoms with Crippen LogP contribution in [0.3, 0.4) is 0 Å². The van der Waals surface area contributed by atoms with E-state index in [2.05, 4.69) is 5.43 Å². The first-order valence-electron chi connectivity index (χ1n) is 5.72. The highest BCUT2D eigenvalue weighted by Crippen LogP contribution is 2.27. The Morgan fingerprint density at radius 1 is 1.11 bits per heavy atom. The number of aryl methyl sites for hydroxylation is 1. The lowest BCUT2D eigenvalue weighted by Gasteiger charge is -2.23. The van der Waals surface area contributed by atoms with Gasteiger partial charge in [0.25, 0.3) is 0 Å². The zero-order chi connectivity index (χ0) is 13.0. The van der Waals surface area contributed by atoms with Gasteiger partial charge in [0.1, 0.15) is 11.4 Å². The Hall–Kier alpha value is -2.20. The predicted octanol–water partition coefficient (Wildman–Crippen LogP) is 2.71. The van der Waals surface area contributed by atoms with Gasteiger partial charge in [-0.15, -0.1) is 0 Å². The van der Waals surface area contributed by atoms with E-state index in [1.54, 1.807) is 7.11 Å². The molecule has 0 saturated heterocycles. The van der Waals surface area contributed by atoms with E-state index in [4.69, 9.17) is 10.6 Å². The highest BCUT2D eigenvalue weighted by atomic mass is 16.5. The van der Waals surface area contributed by atoms with E-state index in [-0.39, 0.29) is 0 Å². The lowest BCUT2D eigenvalue weighted by molar-refractivity contribution is 0.415. The molecule has 18 heavy (non-hydrogen) atoms. The van der Waals surface area contributed by atoms with Crippen molar-refractivity contribution in [3.8, 4) is 5.75 Å². The molecule has 0 amide bonds. The number of hydrazine groups is 2. The minimum absolute atomic E-state index is 0.728. The third-order valence-corrected chi connectivity index (χ3v) is 2.62. The molecule has 0 aromatic heterocycles. The summed E-state index contributed by atoms with van der Waals surface area (Å²) in [5, 5.41) is 1.46. The number of para-hydroxylation sites is 1. The van der Waals surface area contributed by atoms with Crippen LogP contribution in [0.2, 0.25) is 0 Å². The summed E-state index contributed by atoms with van der Waals surface area (Å²) in [6, 6.07) is 15.6. The topological polar surface area (TPSA) is 50.5 Å². The molecule has 4 nitrogen and oxygen atoms in total. The van der Waals surface area contributed by atoms with Crippen LogP contribution in [0.1, 0.15) is 5.56 Å². The first-order valence-corrected chi connectivity index (χ1v) is 5.72. The number of ether oxygens (including phenoxy) is 1. The molecule has 0 saturated carbocycles. The third kappa shape index (κ3) is 2.73. The lowest BCUT2D eigenvalue weighted by Crippen LogP contribution is -2.37. The van der Waals surface area contributed by atoms with Crippen molar-refractivity contribution < 1.29 is 4.74 Å². The Bertz CT molecular complexity index is 514. The van der Waals surface area contributed by atoms with Crippen molar-refractivity contribution in [2.45, 2.75) is 6.92 Å². The van der Waals surface area contributed by atoms with E-state index in [9.17, 15) is 0 Å². The summed E-state index contributed by atoms with van der Waals surface area (Å²) in [7, 11) is 1.63. The maximum atomic E-state index is 6.01. The Morgan fingerprint density at radius 3 is 2.50 bits per heavy atom. The van der Waals surface area contributed by atoms with Crippen molar-refractivity contribution in [1.29, 1.82) is 0 Å². The second-order valence-corrected chi connectivity index (χ2v) is 4.02. The Labute approximate surface area is 107 Å². The van der Waals surface area contributed by atoms with Crippen molar-refractivity contribution in [3.05, 3.63) is 54.1 Å². The summed E-state index contributed by atoms with van der Waals surface area (Å²) in [5.74, 6) is 6.74. The van der Waals surface area contributed by atoms with Crippen LogP contribution in [0.5, 0.6) is 5.75 Å². The summed E-state index contributed by atoms with van der Waals surface area (Å²) in [6.07, 6.45) is 0. The fourth-order valence-electron chi connectivity index (χ4n) is 1.70. The van der Waals surface area contributed by atoms with Gasteiger partial charge in [-0.05, 0) is 36.8 Å². The highest BCUT2D eigenvalue weighted by Gasteiger charge is 2.08. The zero-order valence-corrected chi connectivity index (χ0v) is 10.6. The van der Waals surface area contributed by atoms with Gasteiger partial charge in [-0.1, -0.05) is 24.3 Å². The second-order valence-electron chi connectivity index (χ2n) is 4.02. The molecule has 2 rings (SSSR count). The summed E-state index contributed by atoms with van der Waals surface area (Å²) >= 11 is 0. The van der Waals surface area contributed by atoms with Crippen molar-refractivity contribution >= 4 is 11.4 Å². The molecule has 0 spiro atoms. The smallest absolute Gasteiger partial charge is 0.145 e. The van der Waals surface area contributed by atoms with Crippen molar-refractivity contribution in [2.75, 3.05) is 17.7 Å². The van der Waals surface area contributed by atoms with Gasteiger partial charge in [0.15, 0.2) is 0 Å². The molecule has 0 unspecified atom stereocenters. The van der Waals surface area contributed by atoms with Crippen LogP contribution >= 0.6 is 0 Å². The summed E-state index contributed by atoms with van der Waals surface area (Å²) in [6.45, 7) is 2.01. The van der Waals surface area contributed by atoms with E-state index in [1.807, 2.05) is 55.5 Å². The molecule has 0 aliphatic heterocycles. The molecular weight excluding hydrogens is 226 g/mol. The number of methoxy groups -OCH3 is 1. The number of benzene rings is 2. The molecule has 0 aliphatic rings. The molecule has 0 heterocycles. The maximum absolute atomic E-state index is 6.01. The maximum Gasteiger partial charge on any atom is 0.145 e. The van der Waals surface area contributed by atoms with Crippen molar-refractivity contribution in [2.24, 2.45) is 5.84 Å². The molecule has 4 heteroatoms. The number of hydrogen-bond donors (Lipinski definition) is 2. The van der Waals surface area contributed by atoms with Crippen LogP contribution in [0.15, 0.2) is 48.5 Å². The molecule has 3 N–H and O–H groups in total. The third-order valence-electron chi connectivity index (χ3n) is 2.62. The normalized spacial score (nSPS) is 9.94. The van der Waals surface area contributed by atoms with Crippen molar-refractivity contribution in [3.63, 3.8) is 0 Å². The van der Waals surface area contributed by atoms with Crippen LogP contribution in [-0.4, -0.2) is 7.11 Å². The number of hydrogen-bond acceptors (Lipinski definition) is 4. The van der Waals surface area contributed by atoms with Gasteiger partial charge in [-0.3, -0.25) is 5.43 Å². The average Bonchev–Trinajstić information content (AvgIpc) is 2.40. The first kappa shape index (κ1) is 12.3. The fraction of sp³-hybridized carbons (Fsp3) is 0.143. The number of nitrogens with one attached hydrogen (secondary N) is 1. The SMILES string of the molecule is COc1ccc(C)cc1N(N)Nc1ccccc1. The van der Waals surface area contributed by atoms with E-state index in [0.717, 1.165) is 22.7 Å². The quantitative estimate of drug-likeness (QED) is 0.640. The van der Waals surface area contributed by atoms with Gasteiger partial charge in [0.2, 0.25) is 0 Å². The lowest BCUT2D eigenvalue weighted by atomic mass is 10.2. The molecule has 0 fully saturated rings. The Balaban J connectivity index is 2.23. The predicted molar refractivity (Wildman–Crippen MR) is 74.5 cm³/mol. The van der Waals surface area contributed by atoms with Gasteiger partial charge < -0.3 is 4.74 Å². The van der Waals surface area contributed by atoms with Crippen molar-refractivity contribution in [1.82, 2.24) is 0 Å². The minimum Gasteiger partial charge on any atom is -0.494 e. The van der Waals surface area contributed by atoms with Crippen LogP contribution in [0.25, 0.3) is 0 Å². The molecule has 94 valence electrons. The van der Waals surface area contributed by atoms with Gasteiger partial charge in [-0.2, -0.15) is 0 Å².